The molecule has 23 heavy (non-hydrogen) atoms. The Kier molecular flexibility index (Phi) is 10.2. The van der Waals surface area contributed by atoms with Gasteiger partial charge in [-0.3, -0.25) is 0 Å². The lowest BCUT2D eigenvalue weighted by Gasteiger charge is -2.12. The maximum Gasteiger partial charge on any atom is 0.0293 e. The number of hydrogen-bond acceptors (Lipinski definition) is 1. The molecule has 1 heteroatoms. The molecule has 1 rings (SSSR count). The van der Waals surface area contributed by atoms with Crippen molar-refractivity contribution in [1.82, 2.24) is 5.32 Å². The molecule has 0 aromatic rings. The Hall–Kier alpha value is -1.50. The molecule has 0 saturated carbocycles. The Balaban J connectivity index is 2.71. The van der Waals surface area contributed by atoms with Crippen molar-refractivity contribution >= 4 is 0 Å². The summed E-state index contributed by atoms with van der Waals surface area (Å²) >= 11 is 0. The van der Waals surface area contributed by atoms with Crippen LogP contribution in [0.2, 0.25) is 0 Å². The lowest BCUT2D eigenvalue weighted by molar-refractivity contribution is 0.585. The lowest BCUT2D eigenvalue weighted by Crippen LogP contribution is -2.15. The number of hydrogen-bond donors (Lipinski definition) is 1. The second-order valence-corrected chi connectivity index (χ2v) is 6.50. The first kappa shape index (κ1) is 19.5. The standard InChI is InChI=1S/C22H35N/c1-5-14-22-17-11-9-7-6-8-10-12-18-23-21(4)19(2)15-13-16-20(22)3/h5,14,16-17,23H,2,4,6-13,15,18H2,1,3H3/b14-5-,20-16+,22-17+. The number of allylic oxidation sites excluding steroid dienone is 7. The molecule has 0 aliphatic carbocycles. The summed E-state index contributed by atoms with van der Waals surface area (Å²) in [7, 11) is 0. The molecule has 1 aliphatic heterocycles. The maximum absolute atomic E-state index is 4.17. The van der Waals surface area contributed by atoms with E-state index in [0.717, 1.165) is 30.7 Å². The molecule has 0 aromatic carbocycles. The summed E-state index contributed by atoms with van der Waals surface area (Å²) in [4.78, 5) is 0. The first-order valence-corrected chi connectivity index (χ1v) is 9.26. The minimum atomic E-state index is 0.978. The van der Waals surface area contributed by atoms with Gasteiger partial charge in [0.2, 0.25) is 0 Å². The summed E-state index contributed by atoms with van der Waals surface area (Å²) in [6.45, 7) is 13.6. The molecule has 0 unspecified atom stereocenters. The summed E-state index contributed by atoms with van der Waals surface area (Å²) < 4.78 is 0. The van der Waals surface area contributed by atoms with Crippen LogP contribution in [0.5, 0.6) is 0 Å². The molecule has 1 heterocycles. The predicted molar refractivity (Wildman–Crippen MR) is 104 cm³/mol. The Labute approximate surface area is 143 Å². The van der Waals surface area contributed by atoms with Crippen molar-refractivity contribution in [3.8, 4) is 0 Å². The summed E-state index contributed by atoms with van der Waals surface area (Å²) in [6.07, 6.45) is 20.2. The Bertz CT molecular complexity index is 462. The first-order chi connectivity index (χ1) is 11.1. The fourth-order valence-corrected chi connectivity index (χ4v) is 2.87. The van der Waals surface area contributed by atoms with E-state index in [-0.39, 0.29) is 0 Å². The summed E-state index contributed by atoms with van der Waals surface area (Å²) in [6, 6.07) is 0. The van der Waals surface area contributed by atoms with Gasteiger partial charge in [-0.1, -0.05) is 63.1 Å². The highest BCUT2D eigenvalue weighted by molar-refractivity contribution is 5.38. The largest absolute Gasteiger partial charge is 0.385 e. The quantitative estimate of drug-likeness (QED) is 0.573. The van der Waals surface area contributed by atoms with Crippen molar-refractivity contribution in [2.45, 2.75) is 71.6 Å². The number of rotatable bonds is 1. The van der Waals surface area contributed by atoms with Crippen molar-refractivity contribution < 1.29 is 0 Å². The average molecular weight is 314 g/mol. The van der Waals surface area contributed by atoms with Gasteiger partial charge in [0.05, 0.1) is 0 Å². The molecule has 0 bridgehead atoms. The monoisotopic (exact) mass is 313 g/mol. The summed E-state index contributed by atoms with van der Waals surface area (Å²) in [5.74, 6) is 0. The highest BCUT2D eigenvalue weighted by Crippen LogP contribution is 2.18. The zero-order chi connectivity index (χ0) is 16.9. The van der Waals surface area contributed by atoms with Crippen molar-refractivity contribution in [3.05, 3.63) is 59.9 Å². The topological polar surface area (TPSA) is 12.0 Å². The summed E-state index contributed by atoms with van der Waals surface area (Å²) in [5.41, 5.74) is 4.90. The van der Waals surface area contributed by atoms with Crippen LogP contribution in [-0.4, -0.2) is 6.54 Å². The van der Waals surface area contributed by atoms with Crippen molar-refractivity contribution in [1.29, 1.82) is 0 Å². The smallest absolute Gasteiger partial charge is 0.0293 e. The summed E-state index contributed by atoms with van der Waals surface area (Å²) in [5, 5.41) is 3.43. The van der Waals surface area contributed by atoms with E-state index in [1.54, 1.807) is 0 Å². The van der Waals surface area contributed by atoms with Crippen LogP contribution in [0.15, 0.2) is 59.9 Å². The molecule has 0 saturated heterocycles. The van der Waals surface area contributed by atoms with Crippen LogP contribution in [0.4, 0.5) is 0 Å². The normalized spacial score (nSPS) is 25.1. The Morgan fingerprint density at radius 2 is 1.65 bits per heavy atom. The molecule has 0 spiro atoms. The molecular weight excluding hydrogens is 278 g/mol. The second-order valence-electron chi connectivity index (χ2n) is 6.50. The van der Waals surface area contributed by atoms with Gasteiger partial charge < -0.3 is 5.32 Å². The zero-order valence-electron chi connectivity index (χ0n) is 15.3. The molecule has 1 nitrogen and oxygen atoms in total. The Morgan fingerprint density at radius 3 is 2.39 bits per heavy atom. The van der Waals surface area contributed by atoms with Gasteiger partial charge in [0.1, 0.15) is 0 Å². The van der Waals surface area contributed by atoms with E-state index in [0.29, 0.717) is 0 Å². The van der Waals surface area contributed by atoms with Crippen LogP contribution in [-0.2, 0) is 0 Å². The van der Waals surface area contributed by atoms with Crippen molar-refractivity contribution in [2.75, 3.05) is 6.54 Å². The van der Waals surface area contributed by atoms with E-state index in [9.17, 15) is 0 Å². The molecule has 0 amide bonds. The van der Waals surface area contributed by atoms with Crippen LogP contribution in [0.3, 0.4) is 0 Å². The molecule has 0 atom stereocenters. The minimum absolute atomic E-state index is 0.978. The van der Waals surface area contributed by atoms with Gasteiger partial charge in [-0.2, -0.15) is 0 Å². The zero-order valence-corrected chi connectivity index (χ0v) is 15.3. The second kappa shape index (κ2) is 12.0. The van der Waals surface area contributed by atoms with Gasteiger partial charge in [0.25, 0.3) is 0 Å². The van der Waals surface area contributed by atoms with Crippen LogP contribution in [0.1, 0.15) is 71.6 Å². The third kappa shape index (κ3) is 8.64. The van der Waals surface area contributed by atoms with Gasteiger partial charge in [0.15, 0.2) is 0 Å². The molecular formula is C22H35N. The van der Waals surface area contributed by atoms with E-state index in [1.165, 1.54) is 56.1 Å². The van der Waals surface area contributed by atoms with E-state index >= 15 is 0 Å². The van der Waals surface area contributed by atoms with Gasteiger partial charge in [-0.15, -0.1) is 0 Å². The molecule has 1 aliphatic rings. The van der Waals surface area contributed by atoms with Crippen molar-refractivity contribution in [2.24, 2.45) is 0 Å². The maximum atomic E-state index is 4.17. The van der Waals surface area contributed by atoms with E-state index in [2.05, 4.69) is 56.6 Å². The molecule has 128 valence electrons. The molecule has 0 aromatic heterocycles. The van der Waals surface area contributed by atoms with Crippen LogP contribution >= 0.6 is 0 Å². The van der Waals surface area contributed by atoms with Crippen LogP contribution in [0, 0.1) is 0 Å². The highest BCUT2D eigenvalue weighted by Gasteiger charge is 2.01. The van der Waals surface area contributed by atoms with E-state index in [4.69, 9.17) is 0 Å². The number of nitrogens with one attached hydrogen (secondary N) is 1. The van der Waals surface area contributed by atoms with Gasteiger partial charge in [-0.05, 0) is 62.7 Å². The van der Waals surface area contributed by atoms with Crippen molar-refractivity contribution in [3.63, 3.8) is 0 Å². The third-order valence-electron chi connectivity index (χ3n) is 4.46. The van der Waals surface area contributed by atoms with Crippen LogP contribution < -0.4 is 5.32 Å². The molecule has 0 fully saturated rings. The predicted octanol–water partition coefficient (Wildman–Crippen LogP) is 6.62. The highest BCUT2D eigenvalue weighted by atomic mass is 14.9. The molecule has 1 N–H and O–H groups in total. The van der Waals surface area contributed by atoms with Crippen LogP contribution in [0.25, 0.3) is 0 Å². The van der Waals surface area contributed by atoms with Gasteiger partial charge in [0, 0.05) is 12.2 Å². The lowest BCUT2D eigenvalue weighted by atomic mass is 10.0. The Morgan fingerprint density at radius 1 is 0.957 bits per heavy atom. The average Bonchev–Trinajstić information content (AvgIpc) is 2.54. The fourth-order valence-electron chi connectivity index (χ4n) is 2.87. The van der Waals surface area contributed by atoms with E-state index < -0.39 is 0 Å². The first-order valence-electron chi connectivity index (χ1n) is 9.26. The van der Waals surface area contributed by atoms with Gasteiger partial charge >= 0.3 is 0 Å². The van der Waals surface area contributed by atoms with E-state index in [1.807, 2.05) is 0 Å². The molecule has 0 radical (unpaired) electrons. The SMILES string of the molecule is C=C1CC/C=C(C)/C(/C=C\C)=C/CCCCCCCCNC1=C. The van der Waals surface area contributed by atoms with Gasteiger partial charge in [-0.25, -0.2) is 0 Å². The minimum Gasteiger partial charge on any atom is -0.385 e. The fraction of sp³-hybridized carbons (Fsp3) is 0.545. The third-order valence-corrected chi connectivity index (χ3v) is 4.46.